The molecule has 2 heterocycles. The molecule has 1 saturated heterocycles. The predicted molar refractivity (Wildman–Crippen MR) is 109 cm³/mol. The Balaban J connectivity index is 1.39. The van der Waals surface area contributed by atoms with Gasteiger partial charge in [0.15, 0.2) is 0 Å². The number of nitrogens with one attached hydrogen (secondary N) is 1. The average Bonchev–Trinajstić information content (AvgIpc) is 3.29. The highest BCUT2D eigenvalue weighted by Crippen LogP contribution is 2.28. The molecule has 7 heteroatoms. The van der Waals surface area contributed by atoms with Crippen molar-refractivity contribution < 1.29 is 14.1 Å². The fourth-order valence-electron chi connectivity index (χ4n) is 3.53. The van der Waals surface area contributed by atoms with Crippen molar-refractivity contribution in [2.75, 3.05) is 20.2 Å². The van der Waals surface area contributed by atoms with Gasteiger partial charge in [-0.3, -0.25) is 0 Å². The van der Waals surface area contributed by atoms with Gasteiger partial charge in [0, 0.05) is 25.2 Å². The lowest BCUT2D eigenvalue weighted by atomic mass is 9.98. The number of amides is 2. The molecule has 0 saturated carbocycles. The van der Waals surface area contributed by atoms with Gasteiger partial charge in [0.25, 0.3) is 0 Å². The first-order valence-electron chi connectivity index (χ1n) is 9.77. The summed E-state index contributed by atoms with van der Waals surface area (Å²) in [4.78, 5) is 19.0. The number of rotatable bonds is 5. The number of aromatic nitrogens is 2. The molecule has 29 heavy (non-hydrogen) atoms. The van der Waals surface area contributed by atoms with Gasteiger partial charge >= 0.3 is 6.03 Å². The maximum absolute atomic E-state index is 12.6. The molecular formula is C22H24N4O3. The van der Waals surface area contributed by atoms with Crippen LogP contribution >= 0.6 is 0 Å². The Labute approximate surface area is 169 Å². The first-order chi connectivity index (χ1) is 14.2. The molecule has 1 atom stereocenters. The molecule has 2 amide bonds. The molecule has 0 aliphatic carbocycles. The molecule has 1 aliphatic heterocycles. The van der Waals surface area contributed by atoms with E-state index in [9.17, 15) is 4.79 Å². The first-order valence-corrected chi connectivity index (χ1v) is 9.77. The van der Waals surface area contributed by atoms with Gasteiger partial charge in [-0.15, -0.1) is 0 Å². The number of likely N-dealkylation sites (tertiary alicyclic amines) is 1. The van der Waals surface area contributed by atoms with Crippen LogP contribution in [0, 0.1) is 0 Å². The van der Waals surface area contributed by atoms with Crippen molar-refractivity contribution in [2.45, 2.75) is 25.3 Å². The fraction of sp³-hybridized carbons (Fsp3) is 0.318. The summed E-state index contributed by atoms with van der Waals surface area (Å²) in [5, 5.41) is 7.11. The van der Waals surface area contributed by atoms with Crippen molar-refractivity contribution in [1.29, 1.82) is 0 Å². The van der Waals surface area contributed by atoms with E-state index in [-0.39, 0.29) is 11.9 Å². The van der Waals surface area contributed by atoms with Crippen molar-refractivity contribution in [3.63, 3.8) is 0 Å². The average molecular weight is 392 g/mol. The van der Waals surface area contributed by atoms with Crippen LogP contribution in [-0.2, 0) is 6.54 Å². The molecule has 7 nitrogen and oxygen atoms in total. The SMILES string of the molecule is COc1cccc(-c2noc(C3CCCN(C(=O)NCc4ccccc4)C3)n2)c1. The summed E-state index contributed by atoms with van der Waals surface area (Å²) in [5.41, 5.74) is 1.92. The van der Waals surface area contributed by atoms with Crippen molar-refractivity contribution in [3.8, 4) is 17.1 Å². The van der Waals surface area contributed by atoms with Crippen LogP contribution in [0.15, 0.2) is 59.1 Å². The maximum Gasteiger partial charge on any atom is 0.317 e. The largest absolute Gasteiger partial charge is 0.497 e. The standard InChI is InChI=1S/C22H24N4O3/c1-28-19-11-5-9-17(13-19)20-24-21(29-25-20)18-10-6-12-26(15-18)22(27)23-14-16-7-3-2-4-8-16/h2-5,7-9,11,13,18H,6,10,12,14-15H2,1H3,(H,23,27). The monoisotopic (exact) mass is 392 g/mol. The maximum atomic E-state index is 12.6. The van der Waals surface area contributed by atoms with E-state index in [1.165, 1.54) is 0 Å². The molecule has 1 N–H and O–H groups in total. The second kappa shape index (κ2) is 8.77. The molecule has 1 fully saturated rings. The molecular weight excluding hydrogens is 368 g/mol. The van der Waals surface area contributed by atoms with E-state index in [4.69, 9.17) is 9.26 Å². The zero-order chi connectivity index (χ0) is 20.1. The summed E-state index contributed by atoms with van der Waals surface area (Å²) >= 11 is 0. The third-order valence-corrected chi connectivity index (χ3v) is 5.11. The van der Waals surface area contributed by atoms with Crippen LogP contribution in [0.4, 0.5) is 4.79 Å². The molecule has 0 radical (unpaired) electrons. The van der Waals surface area contributed by atoms with Crippen LogP contribution in [-0.4, -0.2) is 41.3 Å². The van der Waals surface area contributed by atoms with E-state index in [0.29, 0.717) is 24.8 Å². The first kappa shape index (κ1) is 19.0. The van der Waals surface area contributed by atoms with Crippen LogP contribution in [0.25, 0.3) is 11.4 Å². The summed E-state index contributed by atoms with van der Waals surface area (Å²) in [6, 6.07) is 17.4. The van der Waals surface area contributed by atoms with Crippen LogP contribution in [0.5, 0.6) is 5.75 Å². The molecule has 0 spiro atoms. The van der Waals surface area contributed by atoms with Gasteiger partial charge in [-0.05, 0) is 30.5 Å². The van der Waals surface area contributed by atoms with Gasteiger partial charge in [0.05, 0.1) is 13.0 Å². The number of piperidine rings is 1. The predicted octanol–water partition coefficient (Wildman–Crippen LogP) is 3.83. The molecule has 2 aromatic carbocycles. The van der Waals surface area contributed by atoms with Crippen LogP contribution in [0.3, 0.4) is 0 Å². The summed E-state index contributed by atoms with van der Waals surface area (Å²) in [5.74, 6) is 1.89. The zero-order valence-corrected chi connectivity index (χ0v) is 16.4. The topological polar surface area (TPSA) is 80.5 Å². The summed E-state index contributed by atoms with van der Waals surface area (Å²) in [6.07, 6.45) is 1.82. The van der Waals surface area contributed by atoms with Crippen LogP contribution in [0.1, 0.15) is 30.2 Å². The smallest absolute Gasteiger partial charge is 0.317 e. The van der Waals surface area contributed by atoms with E-state index in [1.807, 2.05) is 59.5 Å². The molecule has 150 valence electrons. The van der Waals surface area contributed by atoms with Gasteiger partial charge in [-0.2, -0.15) is 4.98 Å². The number of carbonyl (C=O) groups excluding carboxylic acids is 1. The van der Waals surface area contributed by atoms with Gasteiger partial charge in [-0.25, -0.2) is 4.79 Å². The number of ether oxygens (including phenoxy) is 1. The van der Waals surface area contributed by atoms with Gasteiger partial charge in [-0.1, -0.05) is 47.6 Å². The quantitative estimate of drug-likeness (QED) is 0.714. The number of nitrogens with zero attached hydrogens (tertiary/aromatic N) is 3. The van der Waals surface area contributed by atoms with E-state index >= 15 is 0 Å². The van der Waals surface area contributed by atoms with Gasteiger partial charge in [0.1, 0.15) is 5.75 Å². The lowest BCUT2D eigenvalue weighted by Gasteiger charge is -2.31. The van der Waals surface area contributed by atoms with Crippen molar-refractivity contribution in [3.05, 3.63) is 66.1 Å². The number of hydrogen-bond acceptors (Lipinski definition) is 5. The highest BCUT2D eigenvalue weighted by atomic mass is 16.5. The minimum atomic E-state index is -0.0638. The molecule has 3 aromatic rings. The number of urea groups is 1. The third kappa shape index (κ3) is 4.56. The second-order valence-corrected chi connectivity index (χ2v) is 7.12. The highest BCUT2D eigenvalue weighted by molar-refractivity contribution is 5.74. The summed E-state index contributed by atoms with van der Waals surface area (Å²) < 4.78 is 10.8. The number of benzene rings is 2. The Morgan fingerprint density at radius 1 is 1.24 bits per heavy atom. The Hall–Kier alpha value is -3.35. The lowest BCUT2D eigenvalue weighted by Crippen LogP contribution is -2.44. The van der Waals surface area contributed by atoms with Crippen molar-refractivity contribution in [2.24, 2.45) is 0 Å². The number of carbonyl (C=O) groups is 1. The summed E-state index contributed by atoms with van der Waals surface area (Å²) in [7, 11) is 1.63. The molecule has 4 rings (SSSR count). The second-order valence-electron chi connectivity index (χ2n) is 7.12. The lowest BCUT2D eigenvalue weighted by molar-refractivity contribution is 0.171. The number of methoxy groups -OCH3 is 1. The number of hydrogen-bond donors (Lipinski definition) is 1. The fourth-order valence-corrected chi connectivity index (χ4v) is 3.53. The molecule has 1 aliphatic rings. The molecule has 1 unspecified atom stereocenters. The van der Waals surface area contributed by atoms with Crippen LogP contribution < -0.4 is 10.1 Å². The van der Waals surface area contributed by atoms with Gasteiger partial charge < -0.3 is 19.5 Å². The van der Waals surface area contributed by atoms with E-state index < -0.39 is 0 Å². The highest BCUT2D eigenvalue weighted by Gasteiger charge is 2.28. The van der Waals surface area contributed by atoms with E-state index in [1.54, 1.807) is 7.11 Å². The Bertz CT molecular complexity index is 957. The van der Waals surface area contributed by atoms with Crippen LogP contribution in [0.2, 0.25) is 0 Å². The third-order valence-electron chi connectivity index (χ3n) is 5.11. The van der Waals surface area contributed by atoms with E-state index in [0.717, 1.165) is 36.3 Å². The Kier molecular flexibility index (Phi) is 5.74. The summed E-state index contributed by atoms with van der Waals surface area (Å²) in [6.45, 7) is 1.82. The van der Waals surface area contributed by atoms with Crippen molar-refractivity contribution in [1.82, 2.24) is 20.4 Å². The van der Waals surface area contributed by atoms with E-state index in [2.05, 4.69) is 15.5 Å². The normalized spacial score (nSPS) is 16.4. The Morgan fingerprint density at radius 2 is 2.10 bits per heavy atom. The minimum Gasteiger partial charge on any atom is -0.497 e. The molecule has 0 bridgehead atoms. The van der Waals surface area contributed by atoms with Gasteiger partial charge in [0.2, 0.25) is 11.7 Å². The minimum absolute atomic E-state index is 0.0399. The molecule has 1 aromatic heterocycles. The zero-order valence-electron chi connectivity index (χ0n) is 16.4. The Morgan fingerprint density at radius 3 is 2.93 bits per heavy atom. The van der Waals surface area contributed by atoms with Crippen molar-refractivity contribution >= 4 is 6.03 Å².